The van der Waals surface area contributed by atoms with Crippen molar-refractivity contribution in [2.24, 2.45) is 21.5 Å². The van der Waals surface area contributed by atoms with E-state index in [0.717, 1.165) is 5.75 Å². The molecule has 0 saturated carbocycles. The Bertz CT molecular complexity index is 497. The van der Waals surface area contributed by atoms with Gasteiger partial charge in [0.05, 0.1) is 13.2 Å². The van der Waals surface area contributed by atoms with Crippen LogP contribution < -0.4 is 21.7 Å². The molecule has 7 nitrogen and oxygen atoms in total. The molecule has 0 radical (unpaired) electrons. The molecule has 1 aromatic carbocycles. The van der Waals surface area contributed by atoms with Gasteiger partial charge in [0.25, 0.3) is 0 Å². The lowest BCUT2D eigenvalue weighted by molar-refractivity contribution is 0.0739. The molecule has 0 unspecified atom stereocenters. The van der Waals surface area contributed by atoms with Gasteiger partial charge in [0.15, 0.2) is 0 Å². The summed E-state index contributed by atoms with van der Waals surface area (Å²) in [5.41, 5.74) is 14.9. The van der Waals surface area contributed by atoms with E-state index in [0.29, 0.717) is 19.6 Å². The van der Waals surface area contributed by atoms with Crippen molar-refractivity contribution in [2.45, 2.75) is 33.2 Å². The Labute approximate surface area is 131 Å². The molecule has 1 aromatic rings. The number of nitrogens with one attached hydrogen (secondary N) is 1. The molecule has 0 amide bonds. The van der Waals surface area contributed by atoms with Crippen LogP contribution in [-0.2, 0) is 4.84 Å². The third-order valence-corrected chi connectivity index (χ3v) is 2.48. The SMILES string of the molecule is Cc1ccc(OCCCON/C(N)=N\C(N)=NC(C)C)cc1. The fourth-order valence-electron chi connectivity index (χ4n) is 1.52. The zero-order valence-corrected chi connectivity index (χ0v) is 13.4. The highest BCUT2D eigenvalue weighted by Crippen LogP contribution is 2.11. The molecule has 0 aliphatic rings. The van der Waals surface area contributed by atoms with Crippen LogP contribution in [0.5, 0.6) is 5.75 Å². The summed E-state index contributed by atoms with van der Waals surface area (Å²) in [5, 5.41) is 0. The van der Waals surface area contributed by atoms with E-state index in [1.54, 1.807) is 0 Å². The van der Waals surface area contributed by atoms with Crippen LogP contribution in [0.25, 0.3) is 0 Å². The second-order valence-corrected chi connectivity index (χ2v) is 5.04. The molecule has 0 heterocycles. The van der Waals surface area contributed by atoms with Crippen LogP contribution in [0.1, 0.15) is 25.8 Å². The molecule has 0 saturated heterocycles. The van der Waals surface area contributed by atoms with Gasteiger partial charge >= 0.3 is 0 Å². The summed E-state index contributed by atoms with van der Waals surface area (Å²) < 4.78 is 5.57. The summed E-state index contributed by atoms with van der Waals surface area (Å²) >= 11 is 0. The molecule has 0 spiro atoms. The molecule has 0 atom stereocenters. The van der Waals surface area contributed by atoms with E-state index < -0.39 is 0 Å². The van der Waals surface area contributed by atoms with Crippen molar-refractivity contribution in [3.8, 4) is 5.75 Å². The normalized spacial score (nSPS) is 12.5. The maximum absolute atomic E-state index is 5.59. The predicted molar refractivity (Wildman–Crippen MR) is 88.8 cm³/mol. The molecule has 1 rings (SSSR count). The van der Waals surface area contributed by atoms with Crippen molar-refractivity contribution in [1.82, 2.24) is 5.48 Å². The molecule has 0 bridgehead atoms. The van der Waals surface area contributed by atoms with Crippen molar-refractivity contribution >= 4 is 11.9 Å². The number of guanidine groups is 2. The van der Waals surface area contributed by atoms with E-state index in [4.69, 9.17) is 21.0 Å². The van der Waals surface area contributed by atoms with E-state index in [1.807, 2.05) is 45.0 Å². The first-order valence-electron chi connectivity index (χ1n) is 7.22. The highest BCUT2D eigenvalue weighted by Gasteiger charge is 1.97. The minimum absolute atomic E-state index is 0.0661. The predicted octanol–water partition coefficient (Wildman–Crippen LogP) is 1.32. The van der Waals surface area contributed by atoms with Crippen LogP contribution in [0, 0.1) is 6.92 Å². The van der Waals surface area contributed by atoms with Crippen molar-refractivity contribution in [2.75, 3.05) is 13.2 Å². The first-order valence-corrected chi connectivity index (χ1v) is 7.22. The van der Waals surface area contributed by atoms with Gasteiger partial charge in [-0.25, -0.2) is 10.5 Å². The summed E-state index contributed by atoms with van der Waals surface area (Å²) in [6.07, 6.45) is 0.712. The number of ether oxygens (including phenoxy) is 1. The van der Waals surface area contributed by atoms with Crippen molar-refractivity contribution in [3.05, 3.63) is 29.8 Å². The number of rotatable bonds is 7. The fourth-order valence-corrected chi connectivity index (χ4v) is 1.52. The van der Waals surface area contributed by atoms with Crippen LogP contribution in [-0.4, -0.2) is 31.2 Å². The van der Waals surface area contributed by atoms with Gasteiger partial charge < -0.3 is 16.2 Å². The molecule has 0 fully saturated rings. The van der Waals surface area contributed by atoms with E-state index in [9.17, 15) is 0 Å². The lowest BCUT2D eigenvalue weighted by Crippen LogP contribution is -2.34. The fraction of sp³-hybridized carbons (Fsp3) is 0.467. The third kappa shape index (κ3) is 8.11. The molecular formula is C15H25N5O2. The molecule has 22 heavy (non-hydrogen) atoms. The maximum atomic E-state index is 5.59. The molecule has 0 aromatic heterocycles. The second-order valence-electron chi connectivity index (χ2n) is 5.04. The van der Waals surface area contributed by atoms with Gasteiger partial charge in [-0.2, -0.15) is 4.99 Å². The standard InChI is InChI=1S/C15H25N5O2/c1-11(2)18-14(16)19-15(17)20-22-10-4-9-21-13-7-5-12(3)6-8-13/h5-8,11H,4,9-10H2,1-3H3,(H5,16,17,18,19,20). The van der Waals surface area contributed by atoms with Crippen LogP contribution in [0.4, 0.5) is 0 Å². The van der Waals surface area contributed by atoms with E-state index in [-0.39, 0.29) is 18.0 Å². The number of hydrogen-bond acceptors (Lipinski definition) is 3. The number of benzene rings is 1. The monoisotopic (exact) mass is 307 g/mol. The van der Waals surface area contributed by atoms with E-state index in [1.165, 1.54) is 5.56 Å². The zero-order chi connectivity index (χ0) is 16.4. The average Bonchev–Trinajstić information content (AvgIpc) is 2.43. The molecule has 0 aliphatic carbocycles. The number of aryl methyl sites for hydroxylation is 1. The van der Waals surface area contributed by atoms with Gasteiger partial charge in [-0.1, -0.05) is 17.7 Å². The molecule has 5 N–H and O–H groups in total. The van der Waals surface area contributed by atoms with Gasteiger partial charge in [0.1, 0.15) is 5.75 Å². The Hall–Kier alpha value is -2.28. The Morgan fingerprint density at radius 1 is 1.18 bits per heavy atom. The summed E-state index contributed by atoms with van der Waals surface area (Å²) in [4.78, 5) is 13.0. The van der Waals surface area contributed by atoms with Crippen LogP contribution in [0.15, 0.2) is 34.3 Å². The van der Waals surface area contributed by atoms with Gasteiger partial charge in [-0.15, -0.1) is 0 Å². The second kappa shape index (κ2) is 9.62. The zero-order valence-electron chi connectivity index (χ0n) is 13.4. The number of hydroxylamine groups is 1. The largest absolute Gasteiger partial charge is 0.494 e. The molecule has 0 aliphatic heterocycles. The smallest absolute Gasteiger partial charge is 0.221 e. The van der Waals surface area contributed by atoms with Gasteiger partial charge in [0, 0.05) is 12.5 Å². The summed E-state index contributed by atoms with van der Waals surface area (Å²) in [5.74, 6) is 1.03. The lowest BCUT2D eigenvalue weighted by Gasteiger charge is -2.08. The molecular weight excluding hydrogens is 282 g/mol. The lowest BCUT2D eigenvalue weighted by atomic mass is 10.2. The number of nitrogens with two attached hydrogens (primary N) is 2. The van der Waals surface area contributed by atoms with Gasteiger partial charge in [-0.05, 0) is 32.9 Å². The van der Waals surface area contributed by atoms with Crippen LogP contribution >= 0.6 is 0 Å². The number of aliphatic imine (C=N–C) groups is 2. The Morgan fingerprint density at radius 2 is 1.86 bits per heavy atom. The summed E-state index contributed by atoms with van der Waals surface area (Å²) in [6, 6.07) is 7.96. The van der Waals surface area contributed by atoms with Crippen molar-refractivity contribution in [1.29, 1.82) is 0 Å². The first-order chi connectivity index (χ1) is 10.5. The highest BCUT2D eigenvalue weighted by molar-refractivity contribution is 5.92. The van der Waals surface area contributed by atoms with Gasteiger partial charge in [0.2, 0.25) is 11.9 Å². The van der Waals surface area contributed by atoms with E-state index >= 15 is 0 Å². The third-order valence-electron chi connectivity index (χ3n) is 2.48. The minimum atomic E-state index is 0.0661. The Kier molecular flexibility index (Phi) is 7.77. The quantitative estimate of drug-likeness (QED) is 0.305. The minimum Gasteiger partial charge on any atom is -0.494 e. The highest BCUT2D eigenvalue weighted by atomic mass is 16.6. The van der Waals surface area contributed by atoms with Crippen LogP contribution in [0.2, 0.25) is 0 Å². The molecule has 7 heteroatoms. The van der Waals surface area contributed by atoms with Gasteiger partial charge in [-0.3, -0.25) is 4.84 Å². The van der Waals surface area contributed by atoms with Crippen molar-refractivity contribution in [3.63, 3.8) is 0 Å². The average molecular weight is 307 g/mol. The summed E-state index contributed by atoms with van der Waals surface area (Å²) in [6.45, 7) is 6.82. The van der Waals surface area contributed by atoms with E-state index in [2.05, 4.69) is 15.5 Å². The number of hydrogen-bond donors (Lipinski definition) is 3. The Balaban J connectivity index is 2.15. The molecule has 122 valence electrons. The summed E-state index contributed by atoms with van der Waals surface area (Å²) in [7, 11) is 0. The number of nitrogens with zero attached hydrogens (tertiary/aromatic N) is 2. The first kappa shape index (κ1) is 17.8. The topological polar surface area (TPSA) is 107 Å². The van der Waals surface area contributed by atoms with Crippen molar-refractivity contribution < 1.29 is 9.57 Å². The Morgan fingerprint density at radius 3 is 2.50 bits per heavy atom. The van der Waals surface area contributed by atoms with Crippen LogP contribution in [0.3, 0.4) is 0 Å². The maximum Gasteiger partial charge on any atom is 0.221 e.